The number of carbonyl (C=O) groups excluding carboxylic acids is 3. The van der Waals surface area contributed by atoms with Crippen molar-refractivity contribution < 1.29 is 29.4 Å². The molecule has 15 N–H and O–H groups in total. The van der Waals surface area contributed by atoms with Crippen LogP contribution in [0.5, 0.6) is 5.75 Å². The molecule has 0 aliphatic rings. The Morgan fingerprint density at radius 1 is 0.814 bits per heavy atom. The number of guanidine groups is 2. The molecule has 0 aliphatic heterocycles. The van der Waals surface area contributed by atoms with Crippen LogP contribution in [0.25, 0.3) is 0 Å². The van der Waals surface area contributed by atoms with Gasteiger partial charge in [0, 0.05) is 19.5 Å². The molecule has 0 saturated carbocycles. The number of hydrogen-bond acceptors (Lipinski definition) is 8. The summed E-state index contributed by atoms with van der Waals surface area (Å²) < 4.78 is 0. The second-order valence-corrected chi connectivity index (χ2v) is 10.2. The van der Waals surface area contributed by atoms with Crippen LogP contribution in [0.1, 0.15) is 51.5 Å². The zero-order chi connectivity index (χ0) is 32.5. The molecular formula is C27H46N10O6. The Morgan fingerprint density at radius 2 is 1.35 bits per heavy atom. The lowest BCUT2D eigenvalue weighted by atomic mass is 9.96. The van der Waals surface area contributed by atoms with Crippen molar-refractivity contribution in [3.63, 3.8) is 0 Å². The molecule has 0 fully saturated rings. The van der Waals surface area contributed by atoms with Gasteiger partial charge in [-0.2, -0.15) is 0 Å². The number of benzene rings is 1. The Kier molecular flexibility index (Phi) is 15.9. The molecule has 0 spiro atoms. The fraction of sp³-hybridized carbons (Fsp3) is 0.556. The van der Waals surface area contributed by atoms with Crippen molar-refractivity contribution in [1.82, 2.24) is 16.0 Å². The van der Waals surface area contributed by atoms with Gasteiger partial charge >= 0.3 is 5.97 Å². The SMILES string of the molecule is CCC(C)C(NC(=O)C(N)CCCN=C(N)N)C(=O)NC(Cc1ccc(O)cc1)C(=O)NC(CCCN=C(N)N)C(=O)O. The van der Waals surface area contributed by atoms with E-state index in [1.54, 1.807) is 19.1 Å². The third-order valence-electron chi connectivity index (χ3n) is 6.67. The fourth-order valence-corrected chi connectivity index (χ4v) is 3.98. The maximum Gasteiger partial charge on any atom is 0.326 e. The number of aromatic hydroxyl groups is 1. The van der Waals surface area contributed by atoms with Gasteiger partial charge in [-0.05, 0) is 49.3 Å². The van der Waals surface area contributed by atoms with Gasteiger partial charge in [-0.1, -0.05) is 32.4 Å². The number of aliphatic imine (C=N–C) groups is 2. The number of carboxylic acids is 1. The summed E-state index contributed by atoms with van der Waals surface area (Å²) in [6, 6.07) is 1.53. The van der Waals surface area contributed by atoms with Crippen LogP contribution in [0.2, 0.25) is 0 Å². The lowest BCUT2D eigenvalue weighted by Crippen LogP contribution is -2.59. The molecule has 240 valence electrons. The van der Waals surface area contributed by atoms with Crippen molar-refractivity contribution in [2.45, 2.75) is 76.5 Å². The third-order valence-corrected chi connectivity index (χ3v) is 6.67. The number of carboxylic acid groups (broad SMARTS) is 1. The van der Waals surface area contributed by atoms with E-state index in [2.05, 4.69) is 25.9 Å². The van der Waals surface area contributed by atoms with E-state index in [0.717, 1.165) is 0 Å². The molecule has 5 unspecified atom stereocenters. The molecule has 3 amide bonds. The number of rotatable bonds is 19. The first-order chi connectivity index (χ1) is 20.2. The predicted octanol–water partition coefficient (Wildman–Crippen LogP) is -2.05. The maximum atomic E-state index is 13.5. The van der Waals surface area contributed by atoms with Crippen molar-refractivity contribution in [3.05, 3.63) is 29.8 Å². The minimum atomic E-state index is -1.28. The van der Waals surface area contributed by atoms with Gasteiger partial charge in [-0.3, -0.25) is 24.4 Å². The second-order valence-electron chi connectivity index (χ2n) is 10.2. The van der Waals surface area contributed by atoms with Crippen LogP contribution in [0.3, 0.4) is 0 Å². The number of hydrogen-bond donors (Lipinski definition) is 10. The molecule has 16 heteroatoms. The van der Waals surface area contributed by atoms with E-state index in [1.807, 2.05) is 6.92 Å². The monoisotopic (exact) mass is 606 g/mol. The smallest absolute Gasteiger partial charge is 0.326 e. The predicted molar refractivity (Wildman–Crippen MR) is 162 cm³/mol. The summed E-state index contributed by atoms with van der Waals surface area (Å²) in [7, 11) is 0. The first-order valence-corrected chi connectivity index (χ1v) is 14.0. The molecule has 1 aromatic rings. The number of nitrogens with zero attached hydrogens (tertiary/aromatic N) is 2. The van der Waals surface area contributed by atoms with E-state index < -0.39 is 47.9 Å². The van der Waals surface area contributed by atoms with Crippen LogP contribution in [0.4, 0.5) is 0 Å². The number of nitrogens with two attached hydrogens (primary N) is 5. The quantitative estimate of drug-likeness (QED) is 0.0464. The van der Waals surface area contributed by atoms with Crippen LogP contribution in [0.15, 0.2) is 34.3 Å². The van der Waals surface area contributed by atoms with E-state index in [1.165, 1.54) is 12.1 Å². The summed E-state index contributed by atoms with van der Waals surface area (Å²) in [4.78, 5) is 59.2. The summed E-state index contributed by atoms with van der Waals surface area (Å²) >= 11 is 0. The van der Waals surface area contributed by atoms with E-state index >= 15 is 0 Å². The molecule has 1 rings (SSSR count). The average molecular weight is 607 g/mol. The Hall–Kier alpha value is -4.60. The summed E-state index contributed by atoms with van der Waals surface area (Å²) in [6.45, 7) is 4.06. The minimum absolute atomic E-state index is 0.00897. The Morgan fingerprint density at radius 3 is 1.86 bits per heavy atom. The lowest BCUT2D eigenvalue weighted by molar-refractivity contribution is -0.142. The van der Waals surface area contributed by atoms with Crippen LogP contribution in [-0.2, 0) is 25.6 Å². The molecule has 16 nitrogen and oxygen atoms in total. The van der Waals surface area contributed by atoms with E-state index in [0.29, 0.717) is 18.4 Å². The van der Waals surface area contributed by atoms with Crippen LogP contribution in [-0.4, -0.2) is 83.1 Å². The fourth-order valence-electron chi connectivity index (χ4n) is 3.98. The van der Waals surface area contributed by atoms with E-state index in [4.69, 9.17) is 28.7 Å². The van der Waals surface area contributed by atoms with E-state index in [-0.39, 0.29) is 62.4 Å². The van der Waals surface area contributed by atoms with Crippen LogP contribution >= 0.6 is 0 Å². The van der Waals surface area contributed by atoms with Gasteiger partial charge in [0.25, 0.3) is 0 Å². The molecule has 43 heavy (non-hydrogen) atoms. The maximum absolute atomic E-state index is 13.5. The third kappa shape index (κ3) is 14.2. The van der Waals surface area contributed by atoms with Crippen molar-refractivity contribution >= 4 is 35.6 Å². The van der Waals surface area contributed by atoms with Crippen molar-refractivity contribution in [2.24, 2.45) is 44.6 Å². The standard InChI is InChI=1S/C27H46N10O6/c1-3-15(2)21(37-22(39)18(28)6-4-12-33-26(29)30)24(41)36-20(14-16-8-10-17(38)11-9-16)23(40)35-19(25(42)43)7-5-13-34-27(31)32/h8-11,15,18-21,38H,3-7,12-14,28H2,1-2H3,(H,35,40)(H,36,41)(H,37,39)(H,42,43)(H4,29,30,33)(H4,31,32,34). The summed E-state index contributed by atoms with van der Waals surface area (Å²) in [5, 5.41) is 27.1. The zero-order valence-electron chi connectivity index (χ0n) is 24.7. The molecule has 0 bridgehead atoms. The van der Waals surface area contributed by atoms with E-state index in [9.17, 15) is 29.4 Å². The average Bonchev–Trinajstić information content (AvgIpc) is 2.95. The Bertz CT molecular complexity index is 1120. The zero-order valence-corrected chi connectivity index (χ0v) is 24.7. The van der Waals surface area contributed by atoms with Crippen molar-refractivity contribution in [2.75, 3.05) is 13.1 Å². The molecule has 0 saturated heterocycles. The number of aliphatic carboxylic acids is 1. The summed E-state index contributed by atoms with van der Waals surface area (Å²) in [5.74, 6) is -3.76. The molecular weight excluding hydrogens is 560 g/mol. The molecule has 0 aromatic heterocycles. The largest absolute Gasteiger partial charge is 0.508 e. The van der Waals surface area contributed by atoms with Crippen LogP contribution < -0.4 is 44.6 Å². The summed E-state index contributed by atoms with van der Waals surface area (Å²) in [6.07, 6.45) is 1.51. The highest BCUT2D eigenvalue weighted by Gasteiger charge is 2.32. The van der Waals surface area contributed by atoms with Gasteiger partial charge in [0.1, 0.15) is 23.9 Å². The van der Waals surface area contributed by atoms with Crippen molar-refractivity contribution in [3.8, 4) is 5.75 Å². The molecule has 0 radical (unpaired) electrons. The van der Waals surface area contributed by atoms with Gasteiger partial charge in [0.05, 0.1) is 6.04 Å². The van der Waals surface area contributed by atoms with Gasteiger partial charge in [-0.15, -0.1) is 0 Å². The molecule has 1 aromatic carbocycles. The van der Waals surface area contributed by atoms with Gasteiger partial charge in [0.2, 0.25) is 17.7 Å². The van der Waals surface area contributed by atoms with Crippen molar-refractivity contribution in [1.29, 1.82) is 0 Å². The summed E-state index contributed by atoms with van der Waals surface area (Å²) in [5.41, 5.74) is 27.8. The lowest BCUT2D eigenvalue weighted by Gasteiger charge is -2.28. The molecule has 0 heterocycles. The van der Waals surface area contributed by atoms with Gasteiger partial charge in [0.15, 0.2) is 11.9 Å². The second kappa shape index (κ2) is 18.8. The normalized spacial score (nSPS) is 14.2. The van der Waals surface area contributed by atoms with Gasteiger partial charge in [-0.25, -0.2) is 4.79 Å². The molecule has 5 atom stereocenters. The number of amides is 3. The number of carbonyl (C=O) groups is 4. The Balaban J connectivity index is 3.10. The number of phenolic OH excluding ortho intramolecular Hbond substituents is 1. The highest BCUT2D eigenvalue weighted by Crippen LogP contribution is 2.14. The molecule has 0 aliphatic carbocycles. The highest BCUT2D eigenvalue weighted by atomic mass is 16.4. The first kappa shape index (κ1) is 36.4. The first-order valence-electron chi connectivity index (χ1n) is 14.0. The number of nitrogens with one attached hydrogen (secondary N) is 3. The van der Waals surface area contributed by atoms with Crippen LogP contribution in [0, 0.1) is 5.92 Å². The minimum Gasteiger partial charge on any atom is -0.508 e. The Labute approximate surface area is 250 Å². The topological polar surface area (TPSA) is 300 Å². The number of phenols is 1. The van der Waals surface area contributed by atoms with Gasteiger partial charge < -0.3 is 54.8 Å². The highest BCUT2D eigenvalue weighted by molar-refractivity contribution is 5.94.